The van der Waals surface area contributed by atoms with E-state index in [2.05, 4.69) is 9.71 Å². The molecule has 0 saturated heterocycles. The summed E-state index contributed by atoms with van der Waals surface area (Å²) in [4.78, 5) is 15.2. The average molecular weight is 332 g/mol. The van der Waals surface area contributed by atoms with E-state index >= 15 is 0 Å². The smallest absolute Gasteiger partial charge is 0.308 e. The summed E-state index contributed by atoms with van der Waals surface area (Å²) in [6, 6.07) is 2.93. The first-order chi connectivity index (χ1) is 9.37. The third kappa shape index (κ3) is 3.85. The Morgan fingerprint density at radius 2 is 2.20 bits per heavy atom. The number of rotatable bonds is 6. The predicted octanol–water partition coefficient (Wildman–Crippen LogP) is 1.62. The normalized spacial score (nSPS) is 11.7. The summed E-state index contributed by atoms with van der Waals surface area (Å²) in [6.45, 7) is 1.97. The van der Waals surface area contributed by atoms with Gasteiger partial charge in [-0.2, -0.15) is 0 Å². The van der Waals surface area contributed by atoms with E-state index in [0.29, 0.717) is 9.88 Å². The van der Waals surface area contributed by atoms with Gasteiger partial charge in [-0.25, -0.2) is 18.1 Å². The highest BCUT2D eigenvalue weighted by Gasteiger charge is 2.18. The summed E-state index contributed by atoms with van der Waals surface area (Å²) < 4.78 is 26.6. The van der Waals surface area contributed by atoms with Crippen LogP contribution in [0.15, 0.2) is 21.7 Å². The molecule has 0 spiro atoms. The van der Waals surface area contributed by atoms with Crippen molar-refractivity contribution in [3.63, 3.8) is 0 Å². The number of hydrogen-bond donors (Lipinski definition) is 2. The zero-order chi connectivity index (χ0) is 14.8. The highest BCUT2D eigenvalue weighted by Crippen LogP contribution is 2.22. The summed E-state index contributed by atoms with van der Waals surface area (Å²) in [5.74, 6) is -0.984. The molecule has 0 aliphatic heterocycles. The monoisotopic (exact) mass is 332 g/mol. The van der Waals surface area contributed by atoms with Crippen LogP contribution in [-0.4, -0.2) is 24.5 Å². The summed E-state index contributed by atoms with van der Waals surface area (Å²) in [7, 11) is -3.62. The summed E-state index contributed by atoms with van der Waals surface area (Å²) in [5.41, 5.74) is 0.851. The summed E-state index contributed by atoms with van der Waals surface area (Å²) in [5, 5.41) is 11.2. The molecule has 2 N–H and O–H groups in total. The fraction of sp³-hybridized carbons (Fsp3) is 0.273. The number of aliphatic carboxylic acids is 1. The van der Waals surface area contributed by atoms with Crippen LogP contribution in [0, 0.1) is 6.92 Å². The maximum absolute atomic E-state index is 12.0. The number of nitrogens with one attached hydrogen (secondary N) is 1. The van der Waals surface area contributed by atoms with E-state index in [1.54, 1.807) is 0 Å². The van der Waals surface area contributed by atoms with Crippen molar-refractivity contribution >= 4 is 38.7 Å². The Hall–Kier alpha value is -1.29. The molecule has 9 heteroatoms. The molecule has 0 atom stereocenters. The SMILES string of the molecule is Cc1csc(CNS(=O)(=O)c2ccc(CC(=O)O)s2)n1. The van der Waals surface area contributed by atoms with Gasteiger partial charge in [0.2, 0.25) is 10.0 Å². The molecule has 0 aliphatic rings. The maximum atomic E-state index is 12.0. The molecule has 0 radical (unpaired) electrons. The lowest BCUT2D eigenvalue weighted by Gasteiger charge is -2.02. The molecule has 2 heterocycles. The molecule has 6 nitrogen and oxygen atoms in total. The molecule has 0 fully saturated rings. The summed E-state index contributed by atoms with van der Waals surface area (Å²) in [6.07, 6.45) is -0.175. The topological polar surface area (TPSA) is 96.4 Å². The molecule has 2 rings (SSSR count). The predicted molar refractivity (Wildman–Crippen MR) is 76.5 cm³/mol. The van der Waals surface area contributed by atoms with Crippen molar-refractivity contribution in [2.24, 2.45) is 0 Å². The molecule has 108 valence electrons. The van der Waals surface area contributed by atoms with Gasteiger partial charge in [-0.15, -0.1) is 22.7 Å². The van der Waals surface area contributed by atoms with Gasteiger partial charge in [-0.05, 0) is 19.1 Å². The minimum Gasteiger partial charge on any atom is -0.481 e. The van der Waals surface area contributed by atoms with E-state index in [0.717, 1.165) is 17.0 Å². The lowest BCUT2D eigenvalue weighted by atomic mass is 10.3. The number of carboxylic acids is 1. The number of carboxylic acid groups (broad SMARTS) is 1. The van der Waals surface area contributed by atoms with Crippen LogP contribution in [0.1, 0.15) is 15.6 Å². The Balaban J connectivity index is 2.06. The largest absolute Gasteiger partial charge is 0.481 e. The molecule has 0 aliphatic carbocycles. The van der Waals surface area contributed by atoms with Crippen molar-refractivity contribution in [1.29, 1.82) is 0 Å². The van der Waals surface area contributed by atoms with Crippen LogP contribution in [0.4, 0.5) is 0 Å². The van der Waals surface area contributed by atoms with Gasteiger partial charge in [0.1, 0.15) is 9.22 Å². The average Bonchev–Trinajstić information content (AvgIpc) is 2.95. The lowest BCUT2D eigenvalue weighted by Crippen LogP contribution is -2.22. The first kappa shape index (κ1) is 15.1. The molecular formula is C11H12N2O4S3. The number of hydrogen-bond acceptors (Lipinski definition) is 6. The van der Waals surface area contributed by atoms with Crippen LogP contribution < -0.4 is 4.72 Å². The van der Waals surface area contributed by atoms with Crippen LogP contribution in [0.3, 0.4) is 0 Å². The van der Waals surface area contributed by atoms with E-state index in [9.17, 15) is 13.2 Å². The van der Waals surface area contributed by atoms with Crippen LogP contribution in [-0.2, 0) is 27.8 Å². The van der Waals surface area contributed by atoms with Crippen molar-refractivity contribution in [1.82, 2.24) is 9.71 Å². The second-order valence-corrected chi connectivity index (χ2v) is 8.10. The Morgan fingerprint density at radius 3 is 2.80 bits per heavy atom. The molecule has 0 aromatic carbocycles. The molecule has 2 aromatic rings. The Kier molecular flexibility index (Phi) is 4.53. The van der Waals surface area contributed by atoms with E-state index in [-0.39, 0.29) is 17.2 Å². The summed E-state index contributed by atoms with van der Waals surface area (Å²) >= 11 is 2.35. The van der Waals surface area contributed by atoms with E-state index in [4.69, 9.17) is 5.11 Å². The third-order valence-corrected chi connectivity index (χ3v) is 6.25. The van der Waals surface area contributed by atoms with Gasteiger partial charge in [0.25, 0.3) is 0 Å². The van der Waals surface area contributed by atoms with Gasteiger partial charge in [-0.3, -0.25) is 4.79 Å². The van der Waals surface area contributed by atoms with Crippen molar-refractivity contribution in [2.75, 3.05) is 0 Å². The lowest BCUT2D eigenvalue weighted by molar-refractivity contribution is -0.136. The van der Waals surface area contributed by atoms with Crippen molar-refractivity contribution in [3.8, 4) is 0 Å². The quantitative estimate of drug-likeness (QED) is 0.838. The molecule has 20 heavy (non-hydrogen) atoms. The van der Waals surface area contributed by atoms with E-state index in [1.165, 1.54) is 23.5 Å². The Morgan fingerprint density at radius 1 is 1.45 bits per heavy atom. The van der Waals surface area contributed by atoms with Gasteiger partial charge in [0.15, 0.2) is 0 Å². The number of sulfonamides is 1. The first-order valence-electron chi connectivity index (χ1n) is 5.58. The molecule has 2 aromatic heterocycles. The zero-order valence-corrected chi connectivity index (χ0v) is 12.9. The fourth-order valence-corrected chi connectivity index (χ4v) is 4.64. The molecule has 0 unspecified atom stereocenters. The Labute approximate surface area is 124 Å². The standard InChI is InChI=1S/C11H12N2O4S3/c1-7-6-18-9(13-7)5-12-20(16,17)11-3-2-8(19-11)4-10(14)15/h2-3,6,12H,4-5H2,1H3,(H,14,15). The molecule has 0 saturated carbocycles. The minimum absolute atomic E-state index is 0.113. The molecule has 0 bridgehead atoms. The van der Waals surface area contributed by atoms with Crippen molar-refractivity contribution < 1.29 is 18.3 Å². The third-order valence-electron chi connectivity index (χ3n) is 2.31. The second kappa shape index (κ2) is 6.00. The zero-order valence-electron chi connectivity index (χ0n) is 10.5. The first-order valence-corrected chi connectivity index (χ1v) is 8.76. The number of thiophene rings is 1. The number of aryl methyl sites for hydroxylation is 1. The van der Waals surface area contributed by atoms with Crippen LogP contribution in [0.2, 0.25) is 0 Å². The van der Waals surface area contributed by atoms with Crippen LogP contribution >= 0.6 is 22.7 Å². The number of aromatic nitrogens is 1. The highest BCUT2D eigenvalue weighted by molar-refractivity contribution is 7.91. The van der Waals surface area contributed by atoms with Crippen molar-refractivity contribution in [2.45, 2.75) is 24.1 Å². The minimum atomic E-state index is -3.62. The van der Waals surface area contributed by atoms with Gasteiger partial charge < -0.3 is 5.11 Å². The highest BCUT2D eigenvalue weighted by atomic mass is 32.2. The van der Waals surface area contributed by atoms with Gasteiger partial charge in [-0.1, -0.05) is 0 Å². The fourth-order valence-electron chi connectivity index (χ4n) is 1.46. The van der Waals surface area contributed by atoms with Gasteiger partial charge >= 0.3 is 5.97 Å². The van der Waals surface area contributed by atoms with Gasteiger partial charge in [0, 0.05) is 16.0 Å². The number of nitrogens with zero attached hydrogens (tertiary/aromatic N) is 1. The van der Waals surface area contributed by atoms with Crippen LogP contribution in [0.25, 0.3) is 0 Å². The number of thiazole rings is 1. The molecular weight excluding hydrogens is 320 g/mol. The van der Waals surface area contributed by atoms with E-state index < -0.39 is 16.0 Å². The molecule has 0 amide bonds. The van der Waals surface area contributed by atoms with E-state index in [1.807, 2.05) is 12.3 Å². The number of carbonyl (C=O) groups is 1. The maximum Gasteiger partial charge on any atom is 0.308 e. The Bertz CT molecular complexity index is 718. The van der Waals surface area contributed by atoms with Gasteiger partial charge in [0.05, 0.1) is 13.0 Å². The van der Waals surface area contributed by atoms with Crippen LogP contribution in [0.5, 0.6) is 0 Å². The second-order valence-electron chi connectivity index (χ2n) is 4.00. The van der Waals surface area contributed by atoms with Crippen molar-refractivity contribution in [3.05, 3.63) is 33.1 Å².